The molecule has 0 amide bonds. The molecule has 0 bridgehead atoms. The quantitative estimate of drug-likeness (QED) is 0.795. The van der Waals surface area contributed by atoms with Crippen molar-refractivity contribution in [2.24, 2.45) is 5.92 Å². The van der Waals surface area contributed by atoms with Gasteiger partial charge >= 0.3 is 0 Å². The van der Waals surface area contributed by atoms with Crippen LogP contribution < -0.4 is 5.32 Å². The van der Waals surface area contributed by atoms with Gasteiger partial charge in [0.2, 0.25) is 0 Å². The van der Waals surface area contributed by atoms with E-state index >= 15 is 0 Å². The number of nitrogens with one attached hydrogen (secondary N) is 1. The monoisotopic (exact) mass is 245 g/mol. The highest BCUT2D eigenvalue weighted by molar-refractivity contribution is 5.17. The molecule has 4 heteroatoms. The number of hydrogen-bond donors (Lipinski definition) is 1. The van der Waals surface area contributed by atoms with Crippen molar-refractivity contribution >= 4 is 0 Å². The van der Waals surface area contributed by atoms with Crippen LogP contribution in [0.4, 0.5) is 0 Å². The number of rotatable bonds is 6. The molecule has 18 heavy (non-hydrogen) atoms. The summed E-state index contributed by atoms with van der Waals surface area (Å²) < 4.78 is 7.90. The average molecular weight is 245 g/mol. The maximum atomic E-state index is 5.83. The van der Waals surface area contributed by atoms with E-state index in [1.54, 1.807) is 6.20 Å². The van der Waals surface area contributed by atoms with Crippen molar-refractivity contribution in [2.75, 3.05) is 6.54 Å². The van der Waals surface area contributed by atoms with E-state index in [4.69, 9.17) is 4.42 Å². The van der Waals surface area contributed by atoms with E-state index in [-0.39, 0.29) is 0 Å². The molecule has 3 rings (SSSR count). The second kappa shape index (κ2) is 4.98. The molecule has 2 atom stereocenters. The van der Waals surface area contributed by atoms with Crippen molar-refractivity contribution in [3.05, 3.63) is 42.4 Å². The topological polar surface area (TPSA) is 43.0 Å². The molecule has 0 radical (unpaired) electrons. The summed E-state index contributed by atoms with van der Waals surface area (Å²) >= 11 is 0. The lowest BCUT2D eigenvalue weighted by Gasteiger charge is -2.03. The molecule has 1 fully saturated rings. The van der Waals surface area contributed by atoms with Crippen LogP contribution >= 0.6 is 0 Å². The van der Waals surface area contributed by atoms with Crippen LogP contribution in [0.15, 0.2) is 35.3 Å². The molecular formula is C14H19N3O. The van der Waals surface area contributed by atoms with Crippen molar-refractivity contribution in [2.45, 2.75) is 32.4 Å². The summed E-state index contributed by atoms with van der Waals surface area (Å²) in [6.07, 6.45) is 6.89. The molecule has 0 saturated heterocycles. The molecule has 4 nitrogen and oxygen atoms in total. The molecule has 96 valence electrons. The first-order chi connectivity index (χ1) is 8.83. The van der Waals surface area contributed by atoms with E-state index in [2.05, 4.69) is 33.9 Å². The molecule has 0 aromatic carbocycles. The van der Waals surface area contributed by atoms with Gasteiger partial charge < -0.3 is 14.3 Å². The Kier molecular flexibility index (Phi) is 3.19. The maximum Gasteiger partial charge on any atom is 0.117 e. The van der Waals surface area contributed by atoms with E-state index in [0.717, 1.165) is 37.1 Å². The van der Waals surface area contributed by atoms with Gasteiger partial charge in [-0.15, -0.1) is 0 Å². The van der Waals surface area contributed by atoms with E-state index < -0.39 is 0 Å². The predicted molar refractivity (Wildman–Crippen MR) is 69.2 cm³/mol. The number of aromatic nitrogens is 2. The van der Waals surface area contributed by atoms with Crippen molar-refractivity contribution in [3.63, 3.8) is 0 Å². The summed E-state index contributed by atoms with van der Waals surface area (Å²) in [4.78, 5) is 4.01. The Morgan fingerprint density at radius 3 is 3.11 bits per heavy atom. The van der Waals surface area contributed by atoms with Gasteiger partial charge in [-0.1, -0.05) is 6.92 Å². The second-order valence-electron chi connectivity index (χ2n) is 5.10. The predicted octanol–water partition coefficient (Wildman–Crippen LogP) is 2.39. The first-order valence-electron chi connectivity index (χ1n) is 6.58. The molecule has 0 aliphatic heterocycles. The highest BCUT2D eigenvalue weighted by Crippen LogP contribution is 2.47. The van der Waals surface area contributed by atoms with Crippen LogP contribution in [0, 0.1) is 5.92 Å². The minimum atomic E-state index is 0.671. The van der Waals surface area contributed by atoms with Gasteiger partial charge in [0.25, 0.3) is 0 Å². The van der Waals surface area contributed by atoms with Gasteiger partial charge in [0.1, 0.15) is 11.5 Å². The first-order valence-corrected chi connectivity index (χ1v) is 6.58. The average Bonchev–Trinajstić information content (AvgIpc) is 2.86. The van der Waals surface area contributed by atoms with Crippen LogP contribution in [-0.2, 0) is 13.1 Å². The zero-order valence-electron chi connectivity index (χ0n) is 10.7. The Morgan fingerprint density at radius 2 is 2.39 bits per heavy atom. The van der Waals surface area contributed by atoms with Gasteiger partial charge in [0.05, 0.1) is 12.9 Å². The fourth-order valence-electron chi connectivity index (χ4n) is 2.25. The molecule has 2 aromatic rings. The molecule has 1 aliphatic carbocycles. The first kappa shape index (κ1) is 11.5. The van der Waals surface area contributed by atoms with Gasteiger partial charge in [-0.25, -0.2) is 4.98 Å². The molecule has 2 unspecified atom stereocenters. The van der Waals surface area contributed by atoms with E-state index in [1.165, 1.54) is 6.42 Å². The van der Waals surface area contributed by atoms with Gasteiger partial charge in [-0.2, -0.15) is 0 Å². The normalized spacial score (nSPS) is 22.3. The van der Waals surface area contributed by atoms with Crippen LogP contribution in [-0.4, -0.2) is 16.1 Å². The Labute approximate surface area is 107 Å². The number of imidazole rings is 1. The minimum Gasteiger partial charge on any atom is -0.464 e. The second-order valence-corrected chi connectivity index (χ2v) is 5.10. The molecule has 2 aromatic heterocycles. The highest BCUT2D eigenvalue weighted by atomic mass is 16.3. The van der Waals surface area contributed by atoms with E-state index in [0.29, 0.717) is 5.92 Å². The number of furan rings is 1. The fraction of sp³-hybridized carbons (Fsp3) is 0.500. The minimum absolute atomic E-state index is 0.671. The Morgan fingerprint density at radius 1 is 1.50 bits per heavy atom. The lowest BCUT2D eigenvalue weighted by Crippen LogP contribution is -2.18. The Bertz CT molecular complexity index is 489. The van der Waals surface area contributed by atoms with Crippen molar-refractivity contribution in [1.29, 1.82) is 0 Å². The Balaban J connectivity index is 1.41. The zero-order chi connectivity index (χ0) is 12.4. The Hall–Kier alpha value is -1.55. The number of hydrogen-bond acceptors (Lipinski definition) is 3. The van der Waals surface area contributed by atoms with Crippen molar-refractivity contribution in [1.82, 2.24) is 14.9 Å². The van der Waals surface area contributed by atoms with Gasteiger partial charge in [-0.3, -0.25) is 0 Å². The van der Waals surface area contributed by atoms with Gasteiger partial charge in [-0.05, 0) is 24.5 Å². The van der Waals surface area contributed by atoms with Gasteiger partial charge in [0.15, 0.2) is 0 Å². The molecule has 2 heterocycles. The van der Waals surface area contributed by atoms with Crippen LogP contribution in [0.25, 0.3) is 0 Å². The summed E-state index contributed by atoms with van der Waals surface area (Å²) in [5.41, 5.74) is 0. The summed E-state index contributed by atoms with van der Waals surface area (Å²) in [6.45, 7) is 4.94. The highest BCUT2D eigenvalue weighted by Gasteiger charge is 2.36. The number of nitrogens with zero attached hydrogens (tertiary/aromatic N) is 2. The largest absolute Gasteiger partial charge is 0.464 e. The smallest absolute Gasteiger partial charge is 0.117 e. The molecule has 0 spiro atoms. The lowest BCUT2D eigenvalue weighted by molar-refractivity contribution is 0.440. The summed E-state index contributed by atoms with van der Waals surface area (Å²) in [7, 11) is 0. The zero-order valence-corrected chi connectivity index (χ0v) is 10.7. The molecule has 1 aliphatic rings. The van der Waals surface area contributed by atoms with Crippen molar-refractivity contribution in [3.8, 4) is 0 Å². The summed E-state index contributed by atoms with van der Waals surface area (Å²) in [6, 6.07) is 4.21. The van der Waals surface area contributed by atoms with E-state index in [1.807, 2.05) is 12.5 Å². The van der Waals surface area contributed by atoms with Crippen molar-refractivity contribution < 1.29 is 4.42 Å². The molecular weight excluding hydrogens is 226 g/mol. The van der Waals surface area contributed by atoms with Crippen LogP contribution in [0.5, 0.6) is 0 Å². The SMILES string of the molecule is CC1CC1c1ccc(CNCCn2ccnc2)o1. The third-order valence-corrected chi connectivity index (χ3v) is 3.56. The third-order valence-electron chi connectivity index (χ3n) is 3.56. The third kappa shape index (κ3) is 2.64. The fourth-order valence-corrected chi connectivity index (χ4v) is 2.25. The standard InChI is InChI=1S/C14H19N3O/c1-11-8-13(11)14-3-2-12(18-14)9-15-4-6-17-7-5-16-10-17/h2-3,5,7,10-11,13,15H,4,6,8-9H2,1H3. The van der Waals surface area contributed by atoms with Crippen LogP contribution in [0.1, 0.15) is 30.8 Å². The van der Waals surface area contributed by atoms with Gasteiger partial charge in [0, 0.05) is 31.4 Å². The summed E-state index contributed by atoms with van der Waals surface area (Å²) in [5.74, 6) is 3.67. The van der Waals surface area contributed by atoms with E-state index in [9.17, 15) is 0 Å². The summed E-state index contributed by atoms with van der Waals surface area (Å²) in [5, 5.41) is 3.38. The molecule has 1 N–H and O–H groups in total. The van der Waals surface area contributed by atoms with Crippen LogP contribution in [0.3, 0.4) is 0 Å². The maximum absolute atomic E-state index is 5.83. The molecule has 1 saturated carbocycles. The van der Waals surface area contributed by atoms with Crippen LogP contribution in [0.2, 0.25) is 0 Å². The lowest BCUT2D eigenvalue weighted by atomic mass is 10.3.